The third-order valence-electron chi connectivity index (χ3n) is 18.0. The van der Waals surface area contributed by atoms with Crippen LogP contribution in [0.5, 0.6) is 0 Å². The smallest absolute Gasteiger partial charge is 0.462 e. The first-order chi connectivity index (χ1) is 46.5. The largest absolute Gasteiger partial charge is 0.472 e. The molecule has 0 heterocycles. The van der Waals surface area contributed by atoms with Crippen molar-refractivity contribution >= 4 is 39.5 Å². The van der Waals surface area contributed by atoms with E-state index in [-0.39, 0.29) is 25.7 Å². The van der Waals surface area contributed by atoms with Gasteiger partial charge < -0.3 is 33.8 Å². The lowest BCUT2D eigenvalue weighted by Gasteiger charge is -2.21. The van der Waals surface area contributed by atoms with Crippen molar-refractivity contribution in [1.29, 1.82) is 0 Å². The van der Waals surface area contributed by atoms with Crippen LogP contribution in [-0.4, -0.2) is 96.7 Å². The highest BCUT2D eigenvalue weighted by Crippen LogP contribution is 2.45. The van der Waals surface area contributed by atoms with E-state index in [1.54, 1.807) is 0 Å². The monoisotopic (exact) mass is 1410 g/mol. The second-order valence-corrected chi connectivity index (χ2v) is 31.1. The SMILES string of the molecule is CCCCCCCCCCCCCCCCCCCC(=O)O[C@H](COC(=O)CCCCCCCCCCCCCCCCCC)COP(=O)(O)OC[C@@H](O)COP(=O)(O)OC[C@@H](COC(=O)CCCCCCCCCCCCC)OC(=O)CCCCCCCCCCCC(C)C. The maximum atomic E-state index is 13.1. The van der Waals surface area contributed by atoms with E-state index in [9.17, 15) is 43.2 Å². The molecule has 5 atom stereocenters. The molecule has 0 aliphatic rings. The lowest BCUT2D eigenvalue weighted by molar-refractivity contribution is -0.161. The van der Waals surface area contributed by atoms with E-state index in [2.05, 4.69) is 34.6 Å². The Balaban J connectivity index is 5.24. The lowest BCUT2D eigenvalue weighted by atomic mass is 10.0. The lowest BCUT2D eigenvalue weighted by Crippen LogP contribution is -2.30. The molecule has 0 rings (SSSR count). The Morgan fingerprint density at radius 2 is 0.479 bits per heavy atom. The van der Waals surface area contributed by atoms with Gasteiger partial charge in [-0.15, -0.1) is 0 Å². The van der Waals surface area contributed by atoms with Crippen LogP contribution in [0.1, 0.15) is 407 Å². The Kier molecular flexibility index (Phi) is 68.7. The molecule has 17 nitrogen and oxygen atoms in total. The number of phosphoric ester groups is 2. The highest BCUT2D eigenvalue weighted by molar-refractivity contribution is 7.47. The van der Waals surface area contributed by atoms with Crippen LogP contribution in [0, 0.1) is 5.92 Å². The molecule has 0 aliphatic carbocycles. The number of phosphoric acid groups is 2. The number of aliphatic hydroxyl groups excluding tert-OH is 1. The highest BCUT2D eigenvalue weighted by atomic mass is 31.2. The van der Waals surface area contributed by atoms with Gasteiger partial charge in [0.15, 0.2) is 12.2 Å². The Bertz CT molecular complexity index is 1840. The van der Waals surface area contributed by atoms with Crippen molar-refractivity contribution in [3.05, 3.63) is 0 Å². The molecular weight excluding hydrogens is 1260 g/mol. The summed E-state index contributed by atoms with van der Waals surface area (Å²) >= 11 is 0. The predicted octanol–water partition coefficient (Wildman–Crippen LogP) is 22.9. The molecule has 0 saturated carbocycles. The number of carbonyl (C=O) groups excluding carboxylic acids is 4. The van der Waals surface area contributed by atoms with Gasteiger partial charge in [-0.2, -0.15) is 0 Å². The van der Waals surface area contributed by atoms with Gasteiger partial charge >= 0.3 is 39.5 Å². The summed E-state index contributed by atoms with van der Waals surface area (Å²) in [5.74, 6) is -1.37. The molecule has 0 aromatic rings. The maximum Gasteiger partial charge on any atom is 0.472 e. The summed E-state index contributed by atoms with van der Waals surface area (Å²) in [4.78, 5) is 72.9. The maximum absolute atomic E-state index is 13.1. The van der Waals surface area contributed by atoms with E-state index < -0.39 is 97.5 Å². The third kappa shape index (κ3) is 70.5. The van der Waals surface area contributed by atoms with E-state index >= 15 is 0 Å². The van der Waals surface area contributed by atoms with Crippen molar-refractivity contribution in [3.63, 3.8) is 0 Å². The highest BCUT2D eigenvalue weighted by Gasteiger charge is 2.30. The topological polar surface area (TPSA) is 237 Å². The standard InChI is InChI=1S/C77H150O17P2/c1-6-9-12-15-18-21-24-26-28-30-32-34-37-42-47-52-57-62-76(81)93-72(66-88-75(80)61-56-51-46-41-36-33-31-29-27-25-22-19-16-13-10-7-2)68-91-95(83,84)89-64-71(78)65-90-96(85,86)92-69-73(67-87-74(79)60-55-50-45-40-35-23-20-17-14-11-8-3)94-77(82)63-58-53-48-43-38-39-44-49-54-59-70(4)5/h70-73,78H,6-69H2,1-5H3,(H,83,84)(H,85,86)/t71-,72-,73-/m1/s1. The van der Waals surface area contributed by atoms with Crippen LogP contribution in [0.15, 0.2) is 0 Å². The fraction of sp³-hybridized carbons (Fsp3) is 0.948. The summed E-state index contributed by atoms with van der Waals surface area (Å²) in [7, 11) is -9.91. The Morgan fingerprint density at radius 1 is 0.281 bits per heavy atom. The van der Waals surface area contributed by atoms with Crippen LogP contribution in [0.4, 0.5) is 0 Å². The molecule has 570 valence electrons. The number of carbonyl (C=O) groups is 4. The molecular formula is C77H150O17P2. The first-order valence-corrected chi connectivity index (χ1v) is 43.1. The first-order valence-electron chi connectivity index (χ1n) is 40.1. The van der Waals surface area contributed by atoms with E-state index in [1.165, 1.54) is 231 Å². The molecule has 0 amide bonds. The van der Waals surface area contributed by atoms with Gasteiger partial charge in [0.25, 0.3) is 0 Å². The second kappa shape index (κ2) is 70.1. The normalized spacial score (nSPS) is 13.9. The molecule has 0 radical (unpaired) electrons. The van der Waals surface area contributed by atoms with Crippen molar-refractivity contribution in [2.24, 2.45) is 5.92 Å². The van der Waals surface area contributed by atoms with Crippen molar-refractivity contribution < 1.29 is 80.2 Å². The molecule has 2 unspecified atom stereocenters. The molecule has 0 saturated heterocycles. The van der Waals surface area contributed by atoms with Crippen molar-refractivity contribution in [1.82, 2.24) is 0 Å². The minimum Gasteiger partial charge on any atom is -0.462 e. The summed E-state index contributed by atoms with van der Waals surface area (Å²) in [6.45, 7) is 7.28. The first kappa shape index (κ1) is 94.1. The van der Waals surface area contributed by atoms with Gasteiger partial charge in [-0.25, -0.2) is 9.13 Å². The fourth-order valence-corrected chi connectivity index (χ4v) is 13.5. The van der Waals surface area contributed by atoms with E-state index in [1.807, 2.05) is 0 Å². The van der Waals surface area contributed by atoms with Gasteiger partial charge in [0, 0.05) is 25.7 Å². The van der Waals surface area contributed by atoms with Crippen LogP contribution in [-0.2, 0) is 65.4 Å². The average Bonchev–Trinajstić information content (AvgIpc) is 1.55. The molecule has 0 aromatic carbocycles. The van der Waals surface area contributed by atoms with Crippen LogP contribution in [0.2, 0.25) is 0 Å². The number of hydrogen-bond acceptors (Lipinski definition) is 15. The Morgan fingerprint density at radius 3 is 0.708 bits per heavy atom. The summed E-state index contributed by atoms with van der Waals surface area (Å²) in [5, 5.41) is 10.6. The van der Waals surface area contributed by atoms with Crippen molar-refractivity contribution in [3.8, 4) is 0 Å². The molecule has 0 spiro atoms. The van der Waals surface area contributed by atoms with Gasteiger partial charge in [-0.05, 0) is 31.6 Å². The van der Waals surface area contributed by atoms with E-state index in [0.29, 0.717) is 25.7 Å². The van der Waals surface area contributed by atoms with Crippen molar-refractivity contribution in [2.45, 2.75) is 425 Å². The molecule has 0 fully saturated rings. The van der Waals surface area contributed by atoms with E-state index in [0.717, 1.165) is 95.8 Å². The van der Waals surface area contributed by atoms with Gasteiger partial charge in [0.2, 0.25) is 0 Å². The van der Waals surface area contributed by atoms with E-state index in [4.69, 9.17) is 37.0 Å². The number of ether oxygens (including phenoxy) is 4. The number of hydrogen-bond donors (Lipinski definition) is 3. The van der Waals surface area contributed by atoms with Gasteiger partial charge in [0.05, 0.1) is 26.4 Å². The Hall–Kier alpha value is -1.94. The minimum atomic E-state index is -4.96. The Labute approximate surface area is 588 Å². The number of esters is 4. The zero-order chi connectivity index (χ0) is 70.5. The van der Waals surface area contributed by atoms with Gasteiger partial charge in [-0.1, -0.05) is 356 Å². The molecule has 3 N–H and O–H groups in total. The summed E-state index contributed by atoms with van der Waals surface area (Å²) in [6, 6.07) is 0. The summed E-state index contributed by atoms with van der Waals surface area (Å²) in [5.41, 5.74) is 0. The molecule has 19 heteroatoms. The quantitative estimate of drug-likeness (QED) is 0.0222. The minimum absolute atomic E-state index is 0.106. The van der Waals surface area contributed by atoms with Gasteiger partial charge in [-0.3, -0.25) is 37.3 Å². The predicted molar refractivity (Wildman–Crippen MR) is 391 cm³/mol. The van der Waals surface area contributed by atoms with Gasteiger partial charge in [0.1, 0.15) is 19.3 Å². The molecule has 0 aromatic heterocycles. The summed E-state index contributed by atoms with van der Waals surface area (Å²) < 4.78 is 68.6. The molecule has 96 heavy (non-hydrogen) atoms. The third-order valence-corrected chi connectivity index (χ3v) is 19.9. The summed E-state index contributed by atoms with van der Waals surface area (Å²) in [6.07, 6.45) is 59.6. The fourth-order valence-electron chi connectivity index (χ4n) is 11.9. The number of unbranched alkanes of at least 4 members (excludes halogenated alkanes) is 49. The molecule has 0 aliphatic heterocycles. The second-order valence-electron chi connectivity index (χ2n) is 28.2. The van der Waals surface area contributed by atoms with Crippen LogP contribution in [0.25, 0.3) is 0 Å². The van der Waals surface area contributed by atoms with Crippen LogP contribution in [0.3, 0.4) is 0 Å². The van der Waals surface area contributed by atoms with Crippen LogP contribution >= 0.6 is 15.6 Å². The zero-order valence-electron chi connectivity index (χ0n) is 62.5. The van der Waals surface area contributed by atoms with Crippen molar-refractivity contribution in [2.75, 3.05) is 39.6 Å². The number of rotatable bonds is 77. The number of aliphatic hydroxyl groups is 1. The zero-order valence-corrected chi connectivity index (χ0v) is 64.3. The molecule has 0 bridgehead atoms. The van der Waals surface area contributed by atoms with Crippen LogP contribution < -0.4 is 0 Å². The average molecular weight is 1410 g/mol.